The molecule has 4 aliphatic rings. The van der Waals surface area contributed by atoms with E-state index in [1.807, 2.05) is 34.6 Å². The van der Waals surface area contributed by atoms with Gasteiger partial charge in [0.05, 0.1) is 28.5 Å². The summed E-state index contributed by atoms with van der Waals surface area (Å²) in [5.74, 6) is -3.50. The number of ether oxygens (including phenoxy) is 1. The van der Waals surface area contributed by atoms with Crippen molar-refractivity contribution in [3.63, 3.8) is 0 Å². The van der Waals surface area contributed by atoms with E-state index in [0.717, 1.165) is 57.8 Å². The van der Waals surface area contributed by atoms with Gasteiger partial charge in [0.2, 0.25) is 17.6 Å². The highest BCUT2D eigenvalue weighted by Crippen LogP contribution is 2.60. The molecule has 5 atom stereocenters. The summed E-state index contributed by atoms with van der Waals surface area (Å²) in [6.07, 6.45) is 10.9. The van der Waals surface area contributed by atoms with Gasteiger partial charge in [-0.2, -0.15) is 0 Å². The van der Waals surface area contributed by atoms with Crippen LogP contribution >= 0.6 is 0 Å². The normalized spacial score (nSPS) is 23.8. The molecule has 0 aromatic rings. The van der Waals surface area contributed by atoms with Crippen molar-refractivity contribution in [3.8, 4) is 0 Å². The first kappa shape index (κ1) is 50.4. The predicted molar refractivity (Wildman–Crippen MR) is 236 cm³/mol. The molecule has 0 bridgehead atoms. The van der Waals surface area contributed by atoms with E-state index in [0.29, 0.717) is 32.1 Å². The first-order chi connectivity index (χ1) is 28.2. The van der Waals surface area contributed by atoms with Gasteiger partial charge in [-0.05, 0) is 102 Å². The Morgan fingerprint density at radius 1 is 0.836 bits per heavy atom. The Bertz CT molecular complexity index is 1720. The number of Topliss-reactive ketones (excluding diaryl/α,β-unsaturated/α-hetero) is 1. The molecule has 5 amide bonds. The number of esters is 1. The van der Waals surface area contributed by atoms with Crippen LogP contribution in [-0.2, 0) is 38.5 Å². The lowest BCUT2D eigenvalue weighted by Gasteiger charge is -2.44. The van der Waals surface area contributed by atoms with Gasteiger partial charge in [0.1, 0.15) is 17.7 Å². The Kier molecular flexibility index (Phi) is 16.2. The van der Waals surface area contributed by atoms with Crippen molar-refractivity contribution in [2.75, 3.05) is 19.3 Å². The largest absolute Gasteiger partial charge is 0.460 e. The minimum atomic E-state index is -3.62. The van der Waals surface area contributed by atoms with Crippen LogP contribution in [0.4, 0.5) is 4.79 Å². The van der Waals surface area contributed by atoms with E-state index in [1.165, 1.54) is 4.90 Å². The maximum Gasteiger partial charge on any atom is 0.315 e. The summed E-state index contributed by atoms with van der Waals surface area (Å²) >= 11 is 0. The summed E-state index contributed by atoms with van der Waals surface area (Å²) in [6, 6.07) is -3.79. The second kappa shape index (κ2) is 19.7. The fraction of sp³-hybridized carbons (Fsp3) is 0.870. The van der Waals surface area contributed by atoms with Gasteiger partial charge < -0.3 is 30.9 Å². The van der Waals surface area contributed by atoms with E-state index in [1.54, 1.807) is 41.7 Å². The predicted octanol–water partition coefficient (Wildman–Crippen LogP) is 6.14. The number of nitrogens with zero attached hydrogens (tertiary/aromatic N) is 1. The van der Waals surface area contributed by atoms with E-state index in [2.05, 4.69) is 21.3 Å². The summed E-state index contributed by atoms with van der Waals surface area (Å²) in [6.45, 7) is 18.5. The highest BCUT2D eigenvalue weighted by Gasteiger charge is 2.62. The quantitative estimate of drug-likeness (QED) is 0.0870. The number of carbonyl (C=O) groups is 6. The van der Waals surface area contributed by atoms with Crippen LogP contribution in [0.2, 0.25) is 0 Å². The lowest BCUT2D eigenvalue weighted by atomic mass is 9.70. The van der Waals surface area contributed by atoms with Crippen molar-refractivity contribution in [1.82, 2.24) is 26.2 Å². The van der Waals surface area contributed by atoms with Gasteiger partial charge in [-0.25, -0.2) is 13.2 Å². The Morgan fingerprint density at radius 3 is 1.89 bits per heavy atom. The zero-order valence-electron chi connectivity index (χ0n) is 39.2. The molecule has 0 radical (unpaired) electrons. The zero-order valence-corrected chi connectivity index (χ0v) is 40.0. The third kappa shape index (κ3) is 12.5. The van der Waals surface area contributed by atoms with Gasteiger partial charge in [-0.1, -0.05) is 92.4 Å². The lowest BCUT2D eigenvalue weighted by molar-refractivity contribution is -0.154. The van der Waals surface area contributed by atoms with E-state index in [9.17, 15) is 32.4 Å². The number of rotatable bonds is 19. The number of hydrogen-bond donors (Lipinski definition) is 4. The van der Waals surface area contributed by atoms with Crippen LogP contribution in [0.3, 0.4) is 0 Å². The van der Waals surface area contributed by atoms with Crippen molar-refractivity contribution in [1.29, 1.82) is 0 Å². The third-order valence-electron chi connectivity index (χ3n) is 15.1. The summed E-state index contributed by atoms with van der Waals surface area (Å²) in [5, 5.41) is 11.6. The van der Waals surface area contributed by atoms with Gasteiger partial charge in [0.25, 0.3) is 5.91 Å². The summed E-state index contributed by atoms with van der Waals surface area (Å²) in [4.78, 5) is 84.8. The smallest absolute Gasteiger partial charge is 0.315 e. The van der Waals surface area contributed by atoms with Crippen molar-refractivity contribution in [2.45, 2.75) is 206 Å². The van der Waals surface area contributed by atoms with Gasteiger partial charge in [-0.15, -0.1) is 0 Å². The van der Waals surface area contributed by atoms with Crippen molar-refractivity contribution in [3.05, 3.63) is 0 Å². The van der Waals surface area contributed by atoms with E-state index in [-0.39, 0.29) is 48.3 Å². The third-order valence-corrected chi connectivity index (χ3v) is 18.0. The highest BCUT2D eigenvalue weighted by atomic mass is 32.2. The summed E-state index contributed by atoms with van der Waals surface area (Å²) in [5.41, 5.74) is -2.66. The topological polar surface area (TPSA) is 197 Å². The molecule has 4 fully saturated rings. The van der Waals surface area contributed by atoms with Crippen LogP contribution in [0.5, 0.6) is 0 Å². The zero-order chi connectivity index (χ0) is 45.8. The Balaban J connectivity index is 1.60. The molecule has 0 spiro atoms. The average Bonchev–Trinajstić information content (AvgIpc) is 3.64. The molecule has 0 aromatic carbocycles. The molecule has 4 aliphatic carbocycles. The number of hydrogen-bond acceptors (Lipinski definition) is 9. The number of likely N-dealkylation sites (N-methyl/N-ethyl adjacent to an activating group) is 1. The molecule has 4 rings (SSSR count). The summed E-state index contributed by atoms with van der Waals surface area (Å²) < 4.78 is 31.9. The molecule has 0 aromatic heterocycles. The molecule has 4 saturated carbocycles. The lowest BCUT2D eigenvalue weighted by Crippen LogP contribution is -2.65. The maximum atomic E-state index is 15.1. The Morgan fingerprint density at radius 2 is 1.39 bits per heavy atom. The molecular formula is C46H79N5O9S. The van der Waals surface area contributed by atoms with E-state index < -0.39 is 84.8 Å². The molecule has 0 saturated heterocycles. The Labute approximate surface area is 366 Å². The molecule has 348 valence electrons. The van der Waals surface area contributed by atoms with E-state index in [4.69, 9.17) is 4.74 Å². The van der Waals surface area contributed by atoms with Crippen molar-refractivity contribution in [2.24, 2.45) is 28.6 Å². The average molecular weight is 878 g/mol. The fourth-order valence-electron chi connectivity index (χ4n) is 9.91. The highest BCUT2D eigenvalue weighted by molar-refractivity contribution is 7.92. The van der Waals surface area contributed by atoms with Gasteiger partial charge in [-0.3, -0.25) is 24.0 Å². The van der Waals surface area contributed by atoms with Gasteiger partial charge >= 0.3 is 12.0 Å². The first-order valence-corrected chi connectivity index (χ1v) is 24.8. The number of ketones is 1. The van der Waals surface area contributed by atoms with E-state index >= 15 is 4.79 Å². The number of nitrogens with one attached hydrogen (secondary N) is 4. The van der Waals surface area contributed by atoms with Crippen LogP contribution < -0.4 is 21.3 Å². The number of sulfone groups is 1. The number of amides is 5. The minimum Gasteiger partial charge on any atom is -0.460 e. The second-order valence-electron chi connectivity index (χ2n) is 21.5. The number of urea groups is 1. The molecule has 3 unspecified atom stereocenters. The number of carbonyl (C=O) groups excluding carboxylic acids is 6. The second-order valence-corrected chi connectivity index (χ2v) is 24.2. The summed E-state index contributed by atoms with van der Waals surface area (Å²) in [7, 11) is -2.03. The molecule has 4 N–H and O–H groups in total. The van der Waals surface area contributed by atoms with Gasteiger partial charge in [0, 0.05) is 13.6 Å². The van der Waals surface area contributed by atoms with Crippen molar-refractivity contribution >= 4 is 45.3 Å². The van der Waals surface area contributed by atoms with Crippen LogP contribution in [0.15, 0.2) is 0 Å². The van der Waals surface area contributed by atoms with Gasteiger partial charge in [0.15, 0.2) is 9.84 Å². The van der Waals surface area contributed by atoms with Crippen LogP contribution in [0.1, 0.15) is 172 Å². The monoisotopic (exact) mass is 878 g/mol. The van der Waals surface area contributed by atoms with Crippen LogP contribution in [0.25, 0.3) is 0 Å². The molecule has 0 heterocycles. The standard InChI is InChI=1S/C46H79N5O9S/c1-12-43(6,7)61(58,59)29-46(25-17-14-18-26-46)50-41(57)49-37(45(10)23-15-13-16-24-45)40(56)51(11)35(34-30(2)44(34,8)9)38(54)48-32(28-31-20-19-21-31)36(53)39(55)47-27-22-33(52)60-42(3,4)5/h30-32,34-35,37H,12-29H2,1-11H3,(H,47,55)(H,48,54)(H2,49,50,57)/t30?,32?,34?,35-,37+/m0/s1. The van der Waals surface area contributed by atoms with Crippen LogP contribution in [-0.4, -0.2) is 102 Å². The molecule has 14 nitrogen and oxygen atoms in total. The molecule has 0 aliphatic heterocycles. The SMILES string of the molecule is CCC(C)(C)S(=O)(=O)CC1(NC(=O)N[C@H](C(=O)N(C)[C@H](C(=O)NC(CC2CCC2)C(=O)C(=O)NCCC(=O)OC(C)(C)C)C2C(C)C2(C)C)C2(C)CCCCC2)CCCCC1. The first-order valence-electron chi connectivity index (χ1n) is 23.1. The molecular weight excluding hydrogens is 799 g/mol. The molecule has 61 heavy (non-hydrogen) atoms. The Hall–Kier alpha value is -3.23. The fourth-order valence-corrected chi connectivity index (χ4v) is 11.8. The maximum absolute atomic E-state index is 15.1. The van der Waals surface area contributed by atoms with Crippen molar-refractivity contribution < 1.29 is 41.9 Å². The minimum absolute atomic E-state index is 0.0379. The molecule has 15 heteroatoms. The van der Waals surface area contributed by atoms with Crippen LogP contribution in [0, 0.1) is 28.6 Å².